The molecule has 0 radical (unpaired) electrons. The monoisotopic (exact) mass is 256 g/mol. The van der Waals surface area contributed by atoms with Crippen molar-refractivity contribution in [3.63, 3.8) is 0 Å². The molecule has 0 aromatic heterocycles. The summed E-state index contributed by atoms with van der Waals surface area (Å²) >= 11 is 6.19. The summed E-state index contributed by atoms with van der Waals surface area (Å²) in [7, 11) is 0. The molecular formula is C4H10ArBr2. The predicted octanol–water partition coefficient (Wildman–Crippen LogP) is 2.80. The van der Waals surface area contributed by atoms with E-state index in [4.69, 9.17) is 0 Å². The summed E-state index contributed by atoms with van der Waals surface area (Å²) < 4.78 is 0. The Bertz CT molecular complexity index is 11.7. The fraction of sp³-hybridized carbons (Fsp3) is 1.00. The Morgan fingerprint density at radius 2 is 1.43 bits per heavy atom. The summed E-state index contributed by atoms with van der Waals surface area (Å²) in [6.45, 7) is 2.13. The van der Waals surface area contributed by atoms with E-state index in [9.17, 15) is 0 Å². The molecule has 0 N–H and O–H groups in total. The molecule has 48 valence electrons. The van der Waals surface area contributed by atoms with E-state index < -0.39 is 0 Å². The van der Waals surface area contributed by atoms with Gasteiger partial charge in [0.05, 0.1) is 0 Å². The fourth-order valence-electron chi connectivity index (χ4n) is 0. The molecule has 0 heterocycles. The van der Waals surface area contributed by atoms with Crippen LogP contribution in [0.5, 0.6) is 0 Å². The van der Waals surface area contributed by atoms with E-state index in [1.165, 1.54) is 6.42 Å². The van der Waals surface area contributed by atoms with Crippen molar-refractivity contribution >= 4 is 31.9 Å². The van der Waals surface area contributed by atoms with Crippen molar-refractivity contribution in [2.24, 2.45) is 0 Å². The van der Waals surface area contributed by atoms with Gasteiger partial charge in [0.1, 0.15) is 0 Å². The van der Waals surface area contributed by atoms with Crippen LogP contribution >= 0.6 is 31.9 Å². The number of halogens is 2. The van der Waals surface area contributed by atoms with Crippen LogP contribution in [0.3, 0.4) is 0 Å². The van der Waals surface area contributed by atoms with Crippen LogP contribution in [0, 0.1) is 37.7 Å². The van der Waals surface area contributed by atoms with Crippen LogP contribution in [-0.2, 0) is 0 Å². The Labute approximate surface area is 92.7 Å². The van der Waals surface area contributed by atoms with Gasteiger partial charge in [-0.1, -0.05) is 38.8 Å². The Kier molecular flexibility index (Phi) is 55.4. The molecule has 0 atom stereocenters. The minimum Gasteiger partial charge on any atom is -0.0966 e. The van der Waals surface area contributed by atoms with Gasteiger partial charge in [-0.3, -0.25) is 0 Å². The van der Waals surface area contributed by atoms with Crippen LogP contribution in [0.15, 0.2) is 0 Å². The fourth-order valence-corrected chi connectivity index (χ4v) is 0. The number of alkyl halides is 2. The summed E-state index contributed by atoms with van der Waals surface area (Å²) in [5.41, 5.74) is 0. The van der Waals surface area contributed by atoms with Crippen molar-refractivity contribution in [2.45, 2.75) is 13.3 Å². The summed E-state index contributed by atoms with van der Waals surface area (Å²) in [6.07, 6.45) is 1.24. The maximum absolute atomic E-state index is 3.25. The smallest absolute Gasteiger partial charge is 0.00286 e. The van der Waals surface area contributed by atoms with Gasteiger partial charge in [0.25, 0.3) is 0 Å². The zero-order valence-corrected chi connectivity index (χ0v) is 8.40. The molecule has 0 saturated heterocycles. The Hall–Kier alpha value is 2.22. The van der Waals surface area contributed by atoms with Gasteiger partial charge in [-0.15, -0.1) is 0 Å². The summed E-state index contributed by atoms with van der Waals surface area (Å²) in [5, 5.41) is 1.13. The zero-order valence-electron chi connectivity index (χ0n) is 4.52. The molecule has 0 rings (SSSR count). The van der Waals surface area contributed by atoms with Crippen LogP contribution < -0.4 is 0 Å². The molecule has 0 fully saturated rings. The van der Waals surface area contributed by atoms with Gasteiger partial charge in [-0.05, 0) is 12.3 Å². The van der Waals surface area contributed by atoms with Gasteiger partial charge in [0, 0.05) is 43.1 Å². The van der Waals surface area contributed by atoms with Crippen molar-refractivity contribution in [1.29, 1.82) is 0 Å². The average Bonchev–Trinajstić information content (AvgIpc) is 1.72. The van der Waals surface area contributed by atoms with Crippen molar-refractivity contribution in [2.75, 3.05) is 11.2 Å². The molecule has 7 heavy (non-hydrogen) atoms. The minimum atomic E-state index is 0. The van der Waals surface area contributed by atoms with E-state index in [0.29, 0.717) is 0 Å². The maximum Gasteiger partial charge on any atom is 0.00286 e. The van der Waals surface area contributed by atoms with E-state index in [1.54, 1.807) is 0 Å². The summed E-state index contributed by atoms with van der Waals surface area (Å²) in [6, 6.07) is 0. The summed E-state index contributed by atoms with van der Waals surface area (Å²) in [4.78, 5) is 0. The first-order chi connectivity index (χ1) is 2.91. The number of rotatable bonds is 1. The van der Waals surface area contributed by atoms with Gasteiger partial charge in [0.2, 0.25) is 0 Å². The predicted molar refractivity (Wildman–Crippen MR) is 38.9 cm³/mol. The van der Waals surface area contributed by atoms with Gasteiger partial charge in [-0.2, -0.15) is 0 Å². The molecule has 0 aromatic carbocycles. The van der Waals surface area contributed by atoms with Crippen molar-refractivity contribution in [3.8, 4) is 0 Å². The van der Waals surface area contributed by atoms with E-state index in [0.717, 1.165) is 5.33 Å². The van der Waals surface area contributed by atoms with E-state index in [-0.39, 0.29) is 37.7 Å². The third kappa shape index (κ3) is 30.7. The molecule has 0 nitrogen and oxygen atoms in total. The van der Waals surface area contributed by atoms with Crippen LogP contribution in [0.1, 0.15) is 13.3 Å². The van der Waals surface area contributed by atoms with Crippen molar-refractivity contribution in [3.05, 3.63) is 0 Å². The van der Waals surface area contributed by atoms with E-state index in [1.807, 2.05) is 5.83 Å². The van der Waals surface area contributed by atoms with Gasteiger partial charge in [0.15, 0.2) is 0 Å². The number of hydrogen-bond acceptors (Lipinski definition) is 0. The molecule has 0 aliphatic rings. The molecular weight excluding hydrogens is 248 g/mol. The topological polar surface area (TPSA) is 0 Å². The van der Waals surface area contributed by atoms with Crippen LogP contribution in [0.2, 0.25) is 0 Å². The molecule has 3 heteroatoms. The Morgan fingerprint density at radius 1 is 1.29 bits per heavy atom. The first-order valence-corrected chi connectivity index (χ1v) is 4.56. The quantitative estimate of drug-likeness (QED) is 0.634. The second-order valence-corrected chi connectivity index (χ2v) is 1.48. The SMILES string of the molecule is CBr.CCCBr.[Ar]. The zero-order chi connectivity index (χ0) is 5.41. The first kappa shape index (κ1) is 16.1. The third-order valence-electron chi connectivity index (χ3n) is 0.189. The Morgan fingerprint density at radius 3 is 1.43 bits per heavy atom. The van der Waals surface area contributed by atoms with E-state index in [2.05, 4.69) is 38.8 Å². The summed E-state index contributed by atoms with van der Waals surface area (Å²) in [5.74, 6) is 1.81. The maximum atomic E-state index is 3.25. The molecule has 0 unspecified atom stereocenters. The van der Waals surface area contributed by atoms with Crippen LogP contribution in [-0.4, -0.2) is 11.2 Å². The number of hydrogen-bond donors (Lipinski definition) is 0. The first-order valence-electron chi connectivity index (χ1n) is 1.85. The second kappa shape index (κ2) is 24.1. The molecule has 0 bridgehead atoms. The molecule has 0 saturated carbocycles. The van der Waals surface area contributed by atoms with Gasteiger partial charge >= 0.3 is 0 Å². The van der Waals surface area contributed by atoms with Crippen molar-refractivity contribution < 1.29 is 37.7 Å². The molecule has 0 aliphatic heterocycles. The van der Waals surface area contributed by atoms with Crippen LogP contribution in [0.25, 0.3) is 0 Å². The molecule has 0 aromatic rings. The minimum absolute atomic E-state index is 0. The Balaban J connectivity index is -0.0000000480. The average molecular weight is 258 g/mol. The second-order valence-electron chi connectivity index (χ2n) is 0.689. The standard InChI is InChI=1S/C3H7Br.CH3Br.Ar/c1-2-3-4;1-2;/h2-3H2,1H3;1H3;. The normalized spacial score (nSPS) is 5.14. The van der Waals surface area contributed by atoms with Gasteiger partial charge < -0.3 is 0 Å². The van der Waals surface area contributed by atoms with E-state index >= 15 is 0 Å². The van der Waals surface area contributed by atoms with Crippen LogP contribution in [0.4, 0.5) is 0 Å². The molecule has 0 aliphatic carbocycles. The van der Waals surface area contributed by atoms with Gasteiger partial charge in [-0.25, -0.2) is 0 Å². The van der Waals surface area contributed by atoms with Crippen molar-refractivity contribution in [1.82, 2.24) is 0 Å². The molecule has 0 amide bonds. The molecule has 0 spiro atoms. The largest absolute Gasteiger partial charge is 0.0966 e. The third-order valence-corrected chi connectivity index (χ3v) is 0.982.